The van der Waals surface area contributed by atoms with Gasteiger partial charge in [-0.1, -0.05) is 45.4 Å². The molecule has 7 heteroatoms. The second kappa shape index (κ2) is 15.4. The second-order valence-electron chi connectivity index (χ2n) is 7.14. The van der Waals surface area contributed by atoms with Crippen LogP contribution in [0, 0.1) is 0 Å². The van der Waals surface area contributed by atoms with E-state index in [1.807, 2.05) is 0 Å². The molecule has 0 fully saturated rings. The summed E-state index contributed by atoms with van der Waals surface area (Å²) in [4.78, 5) is 10.5. The summed E-state index contributed by atoms with van der Waals surface area (Å²) in [6.45, 7) is 1.75. The molecule has 3 N–H and O–H groups in total. The molecule has 0 spiro atoms. The smallest absolute Gasteiger partial charge is 0.303 e. The van der Waals surface area contributed by atoms with Crippen LogP contribution in [0.2, 0.25) is 0 Å². The van der Waals surface area contributed by atoms with Gasteiger partial charge in [0.15, 0.2) is 9.84 Å². The van der Waals surface area contributed by atoms with Crippen molar-refractivity contribution in [2.45, 2.75) is 102 Å². The largest absolute Gasteiger partial charge is 0.481 e. The Hall–Kier alpha value is -0.660. The number of hydrogen-bond acceptors (Lipinski definition) is 5. The first-order valence-corrected chi connectivity index (χ1v) is 11.8. The fraction of sp³-hybridized carbons (Fsp3) is 0.947. The number of hydrogen-bond donors (Lipinski definition) is 3. The van der Waals surface area contributed by atoms with Gasteiger partial charge in [0, 0.05) is 6.42 Å². The van der Waals surface area contributed by atoms with E-state index in [2.05, 4.69) is 6.92 Å². The summed E-state index contributed by atoms with van der Waals surface area (Å²) in [5.41, 5.74) is 0. The van der Waals surface area contributed by atoms with Crippen LogP contribution in [0.1, 0.15) is 90.4 Å². The lowest BCUT2D eigenvalue weighted by atomic mass is 10.0. The molecular formula is C19H38O6S. The Labute approximate surface area is 158 Å². The van der Waals surface area contributed by atoms with E-state index in [9.17, 15) is 18.3 Å². The molecule has 0 heterocycles. The van der Waals surface area contributed by atoms with E-state index in [4.69, 9.17) is 10.2 Å². The number of sulfone groups is 1. The Morgan fingerprint density at radius 3 is 2.08 bits per heavy atom. The predicted octanol–water partition coefficient (Wildman–Crippen LogP) is 3.30. The minimum Gasteiger partial charge on any atom is -0.481 e. The highest BCUT2D eigenvalue weighted by atomic mass is 32.2. The van der Waals surface area contributed by atoms with Crippen molar-refractivity contribution in [3.05, 3.63) is 0 Å². The zero-order valence-electron chi connectivity index (χ0n) is 16.2. The average Bonchev–Trinajstić information content (AvgIpc) is 2.56. The SMILES string of the molecule is CCCCC[C@@H](O)CCC[C@H](CCCCCCC(=O)O)S(=O)(=O)CCO. The summed E-state index contributed by atoms with van der Waals surface area (Å²) in [5, 5.41) is 27.1. The standard InChI is InChI=1S/C19H38O6S/c1-2-3-6-10-17(21)11-9-13-18(26(24,25)16-15-20)12-7-4-5-8-14-19(22)23/h17-18,20-21H,2-16H2,1H3,(H,22,23)/t17-,18+/m1/s1. The van der Waals surface area contributed by atoms with E-state index in [1.54, 1.807) is 0 Å². The number of aliphatic carboxylic acids is 1. The number of carboxylic acids is 1. The van der Waals surface area contributed by atoms with Crippen molar-refractivity contribution >= 4 is 15.8 Å². The second-order valence-corrected chi connectivity index (χ2v) is 9.54. The molecule has 0 bridgehead atoms. The lowest BCUT2D eigenvalue weighted by Crippen LogP contribution is -2.26. The monoisotopic (exact) mass is 394 g/mol. The van der Waals surface area contributed by atoms with Crippen LogP contribution in [-0.4, -0.2) is 53.4 Å². The molecule has 0 aliphatic heterocycles. The van der Waals surface area contributed by atoms with Crippen molar-refractivity contribution in [3.8, 4) is 0 Å². The number of rotatable bonds is 18. The summed E-state index contributed by atoms with van der Waals surface area (Å²) in [7, 11) is -3.32. The Morgan fingerprint density at radius 1 is 0.885 bits per heavy atom. The van der Waals surface area contributed by atoms with Crippen molar-refractivity contribution in [1.29, 1.82) is 0 Å². The molecule has 26 heavy (non-hydrogen) atoms. The third-order valence-corrected chi connectivity index (χ3v) is 6.99. The summed E-state index contributed by atoms with van der Waals surface area (Å²) in [6.07, 6.45) is 9.09. The van der Waals surface area contributed by atoms with E-state index >= 15 is 0 Å². The lowest BCUT2D eigenvalue weighted by molar-refractivity contribution is -0.137. The van der Waals surface area contributed by atoms with Crippen LogP contribution >= 0.6 is 0 Å². The quantitative estimate of drug-likeness (QED) is 0.308. The maximum Gasteiger partial charge on any atom is 0.303 e. The summed E-state index contributed by atoms with van der Waals surface area (Å²) in [5.74, 6) is -1.01. The topological polar surface area (TPSA) is 112 Å². The van der Waals surface area contributed by atoms with Crippen LogP contribution in [0.25, 0.3) is 0 Å². The highest BCUT2D eigenvalue weighted by molar-refractivity contribution is 7.92. The number of carboxylic acid groups (broad SMARTS) is 1. The van der Waals surface area contributed by atoms with Crippen molar-refractivity contribution in [1.82, 2.24) is 0 Å². The molecular weight excluding hydrogens is 356 g/mol. The van der Waals surface area contributed by atoms with Gasteiger partial charge in [-0.25, -0.2) is 8.42 Å². The van der Waals surface area contributed by atoms with Crippen molar-refractivity contribution in [3.63, 3.8) is 0 Å². The van der Waals surface area contributed by atoms with Gasteiger partial charge in [0.2, 0.25) is 0 Å². The van der Waals surface area contributed by atoms with Crippen LogP contribution in [0.4, 0.5) is 0 Å². The number of aliphatic hydroxyl groups is 2. The maximum atomic E-state index is 12.3. The first-order valence-electron chi connectivity index (χ1n) is 10.1. The van der Waals surface area contributed by atoms with E-state index in [-0.39, 0.29) is 24.9 Å². The van der Waals surface area contributed by atoms with E-state index in [1.165, 1.54) is 0 Å². The van der Waals surface area contributed by atoms with Gasteiger partial charge in [-0.05, 0) is 38.5 Å². The molecule has 0 unspecified atom stereocenters. The molecule has 0 amide bonds. The van der Waals surface area contributed by atoms with Crippen molar-refractivity contribution < 1.29 is 28.5 Å². The molecule has 0 saturated carbocycles. The van der Waals surface area contributed by atoms with Gasteiger partial charge in [-0.15, -0.1) is 0 Å². The molecule has 2 atom stereocenters. The molecule has 0 aliphatic rings. The zero-order chi connectivity index (χ0) is 19.8. The van der Waals surface area contributed by atoms with Gasteiger partial charge in [-0.2, -0.15) is 0 Å². The van der Waals surface area contributed by atoms with Crippen LogP contribution in [0.5, 0.6) is 0 Å². The first kappa shape index (κ1) is 25.3. The van der Waals surface area contributed by atoms with Gasteiger partial charge in [0.1, 0.15) is 0 Å². The summed E-state index contributed by atoms with van der Waals surface area (Å²) < 4.78 is 24.7. The zero-order valence-corrected chi connectivity index (χ0v) is 17.1. The van der Waals surface area contributed by atoms with Gasteiger partial charge in [0.25, 0.3) is 0 Å². The molecule has 0 rings (SSSR count). The molecule has 0 aromatic rings. The van der Waals surface area contributed by atoms with Crippen LogP contribution in [0.3, 0.4) is 0 Å². The van der Waals surface area contributed by atoms with E-state index in [0.717, 1.165) is 44.9 Å². The number of aliphatic hydroxyl groups excluding tert-OH is 2. The average molecular weight is 395 g/mol. The normalized spacial score (nSPS) is 14.3. The Balaban J connectivity index is 4.25. The van der Waals surface area contributed by atoms with Crippen LogP contribution in [-0.2, 0) is 14.6 Å². The van der Waals surface area contributed by atoms with Gasteiger partial charge >= 0.3 is 5.97 Å². The van der Waals surface area contributed by atoms with Crippen LogP contribution in [0.15, 0.2) is 0 Å². The van der Waals surface area contributed by atoms with Gasteiger partial charge in [-0.3, -0.25) is 4.79 Å². The highest BCUT2D eigenvalue weighted by Gasteiger charge is 2.24. The molecule has 0 radical (unpaired) electrons. The molecule has 0 aliphatic carbocycles. The lowest BCUT2D eigenvalue weighted by Gasteiger charge is -2.18. The third kappa shape index (κ3) is 13.5. The van der Waals surface area contributed by atoms with Crippen molar-refractivity contribution in [2.75, 3.05) is 12.4 Å². The molecule has 0 aromatic carbocycles. The first-order chi connectivity index (χ1) is 12.3. The van der Waals surface area contributed by atoms with E-state index in [0.29, 0.717) is 32.1 Å². The van der Waals surface area contributed by atoms with E-state index < -0.39 is 21.1 Å². The summed E-state index contributed by atoms with van der Waals surface area (Å²) >= 11 is 0. The van der Waals surface area contributed by atoms with Gasteiger partial charge < -0.3 is 15.3 Å². The highest BCUT2D eigenvalue weighted by Crippen LogP contribution is 2.20. The third-order valence-electron chi connectivity index (χ3n) is 4.75. The molecule has 6 nitrogen and oxygen atoms in total. The fourth-order valence-electron chi connectivity index (χ4n) is 3.15. The predicted molar refractivity (Wildman–Crippen MR) is 104 cm³/mol. The van der Waals surface area contributed by atoms with Crippen molar-refractivity contribution in [2.24, 2.45) is 0 Å². The van der Waals surface area contributed by atoms with Crippen LogP contribution < -0.4 is 0 Å². The minimum absolute atomic E-state index is 0.155. The maximum absolute atomic E-state index is 12.3. The van der Waals surface area contributed by atoms with Gasteiger partial charge in [0.05, 0.1) is 23.7 Å². The fourth-order valence-corrected chi connectivity index (χ4v) is 4.79. The Morgan fingerprint density at radius 2 is 1.46 bits per heavy atom. The molecule has 156 valence electrons. The number of carbonyl (C=O) groups is 1. The minimum atomic E-state index is -3.32. The Kier molecular flexibility index (Phi) is 15.0. The Bertz CT molecular complexity index is 449. The molecule has 0 aromatic heterocycles. The number of unbranched alkanes of at least 4 members (excludes halogenated alkanes) is 5. The summed E-state index contributed by atoms with van der Waals surface area (Å²) in [6, 6.07) is 0. The molecule has 0 saturated heterocycles.